The minimum absolute atomic E-state index is 0.0514. The quantitative estimate of drug-likeness (QED) is 0.0223. The van der Waals surface area contributed by atoms with Crippen molar-refractivity contribution in [2.24, 2.45) is 11.8 Å². The second-order valence-corrected chi connectivity index (χ2v) is 21.8. The second-order valence-electron chi connectivity index (χ2n) is 18.8. The monoisotopic (exact) mass is 1120 g/mol. The molecular weight excluding hydrogens is 1040 g/mol. The number of aliphatic hydroxyl groups is 4. The molecule has 0 amide bonds. The summed E-state index contributed by atoms with van der Waals surface area (Å²) in [5.74, 6) is -5.34. The number of Topliss-reactive ketones (excluding diaryl/α,β-unsaturated/α-hetero) is 1. The third kappa shape index (κ3) is 27.8. The number of nitrogens with zero attached hydrogens (tertiary/aromatic N) is 2. The van der Waals surface area contributed by atoms with Crippen molar-refractivity contribution < 1.29 is 81.3 Å². The van der Waals surface area contributed by atoms with E-state index in [2.05, 4.69) is 52.7 Å². The zero-order valence-electron chi connectivity index (χ0n) is 44.4. The highest BCUT2D eigenvalue weighted by Gasteiger charge is 2.45. The molecule has 0 spiro atoms. The summed E-state index contributed by atoms with van der Waals surface area (Å²) in [4.78, 5) is 78.0. The molecule has 21 nitrogen and oxygen atoms in total. The molecule has 432 valence electrons. The molecule has 0 aromatic carbocycles. The van der Waals surface area contributed by atoms with Crippen molar-refractivity contribution in [1.29, 1.82) is 0 Å². The van der Waals surface area contributed by atoms with Crippen LogP contribution in [0.3, 0.4) is 0 Å². The Hall–Kier alpha value is -4.47. The van der Waals surface area contributed by atoms with E-state index in [9.17, 15) is 58.5 Å². The van der Waals surface area contributed by atoms with Gasteiger partial charge in [0.1, 0.15) is 36.6 Å². The highest BCUT2D eigenvalue weighted by Crippen LogP contribution is 2.60. The number of nitrogens with two attached hydrogens (primary N) is 1. The fourth-order valence-electron chi connectivity index (χ4n) is 8.05. The Bertz CT molecular complexity index is 2300. The van der Waals surface area contributed by atoms with Gasteiger partial charge >= 0.3 is 33.3 Å². The molecule has 1 fully saturated rings. The minimum atomic E-state index is -5.74. The maximum Gasteiger partial charge on any atom is 0.481 e. The highest BCUT2D eigenvalue weighted by molar-refractivity contribution is 7.61. The van der Waals surface area contributed by atoms with Gasteiger partial charge in [0.15, 0.2) is 6.10 Å². The lowest BCUT2D eigenvalue weighted by Crippen LogP contribution is -2.51. The number of ketones is 1. The third-order valence-electron chi connectivity index (χ3n) is 12.3. The van der Waals surface area contributed by atoms with E-state index in [4.69, 9.17) is 29.0 Å². The van der Waals surface area contributed by atoms with E-state index in [0.29, 0.717) is 25.7 Å². The van der Waals surface area contributed by atoms with Gasteiger partial charge in [-0.3, -0.25) is 28.0 Å². The van der Waals surface area contributed by atoms with E-state index in [-0.39, 0.29) is 37.9 Å². The Morgan fingerprint density at radius 2 is 1.45 bits per heavy atom. The van der Waals surface area contributed by atoms with Gasteiger partial charge in [-0.1, -0.05) is 131 Å². The zero-order valence-corrected chi connectivity index (χ0v) is 46.2. The average Bonchev–Trinajstić information content (AvgIpc) is 3.37. The van der Waals surface area contributed by atoms with Gasteiger partial charge in [0.2, 0.25) is 0 Å². The molecule has 0 aliphatic carbocycles. The molecule has 77 heavy (non-hydrogen) atoms. The molecule has 2 unspecified atom stereocenters. The first-order chi connectivity index (χ1) is 36.9. The maximum absolute atomic E-state index is 13.9. The van der Waals surface area contributed by atoms with Crippen LogP contribution in [0.5, 0.6) is 0 Å². The van der Waals surface area contributed by atoms with Crippen LogP contribution in [0.15, 0.2) is 102 Å². The lowest BCUT2D eigenvalue weighted by molar-refractivity contribution is -0.186. The summed E-state index contributed by atoms with van der Waals surface area (Å²) in [7, 11) is -11.4. The van der Waals surface area contributed by atoms with E-state index < -0.39 is 120 Å². The highest BCUT2D eigenvalue weighted by atomic mass is 31.3. The lowest BCUT2D eigenvalue weighted by Gasteiger charge is -2.39. The number of esters is 2. The molecular formula is C54H83N3O18P2. The topological polar surface area (TPSA) is 323 Å². The first-order valence-corrected chi connectivity index (χ1v) is 29.7. The minimum Gasteiger partial charge on any atom is -0.462 e. The average molecular weight is 1120 g/mol. The Balaban J connectivity index is 1.74. The molecule has 0 saturated carbocycles. The van der Waals surface area contributed by atoms with Crippen molar-refractivity contribution in [1.82, 2.24) is 9.55 Å². The molecule has 1 aromatic rings. The first kappa shape index (κ1) is 66.8. The Kier molecular flexibility index (Phi) is 32.5. The number of carbonyl (C=O) groups excluding carboxylic acids is 3. The van der Waals surface area contributed by atoms with Gasteiger partial charge in [0.05, 0.1) is 37.4 Å². The Labute approximate surface area is 452 Å². The fourth-order valence-corrected chi connectivity index (χ4v) is 10.2. The van der Waals surface area contributed by atoms with Crippen LogP contribution in [-0.2, 0) is 51.1 Å². The summed E-state index contributed by atoms with van der Waals surface area (Å²) in [6, 6.07) is 1.22. The molecule has 11 atom stereocenters. The van der Waals surface area contributed by atoms with E-state index in [1.54, 1.807) is 18.2 Å². The second kappa shape index (κ2) is 37.4. The Morgan fingerprint density at radius 3 is 2.09 bits per heavy atom. The number of unbranched alkanes of at least 4 members (excludes halogenated alkanes) is 5. The van der Waals surface area contributed by atoms with Crippen molar-refractivity contribution in [3.63, 3.8) is 0 Å². The van der Waals surface area contributed by atoms with Gasteiger partial charge in [-0.05, 0) is 76.7 Å². The molecule has 1 saturated heterocycles. The number of phosphoric ester groups is 2. The smallest absolute Gasteiger partial charge is 0.462 e. The normalized spacial score (nSPS) is 28.6. The van der Waals surface area contributed by atoms with Crippen molar-refractivity contribution in [3.05, 3.63) is 108 Å². The molecule has 2 bridgehead atoms. The van der Waals surface area contributed by atoms with Crippen LogP contribution in [0.4, 0.5) is 5.82 Å². The molecule has 3 heterocycles. The zero-order chi connectivity index (χ0) is 56.5. The number of rotatable bonds is 24. The van der Waals surface area contributed by atoms with Crippen molar-refractivity contribution in [3.8, 4) is 0 Å². The molecule has 0 radical (unpaired) electrons. The van der Waals surface area contributed by atoms with E-state index >= 15 is 0 Å². The number of cyclic esters (lactones) is 1. The molecule has 8 N–H and O–H groups in total. The fraction of sp³-hybridized carbons (Fsp3) is 0.611. The number of hydrogen-bond acceptors (Lipinski definition) is 18. The summed E-state index contributed by atoms with van der Waals surface area (Å²) >= 11 is 0. The van der Waals surface area contributed by atoms with Gasteiger partial charge < -0.3 is 50.2 Å². The summed E-state index contributed by atoms with van der Waals surface area (Å²) in [6.45, 7) is 1.34. The number of aliphatic hydroxyl groups excluding tert-OH is 4. The number of aromatic nitrogens is 2. The third-order valence-corrected chi connectivity index (χ3v) is 14.9. The number of phosphoric acid groups is 2. The summed E-state index contributed by atoms with van der Waals surface area (Å²) < 4.78 is 58.8. The van der Waals surface area contributed by atoms with E-state index in [1.165, 1.54) is 37.5 Å². The standard InChI is InChI=1S/C54H83N3O18P2/c1-3-5-7-8-9-10-11-12-13-14-15-16-17-18-19-20-21-22-27-31-49(61)70-38-42-39-71-76(66,67)75-77(68,69)72-40-47-52(64)51(63)43(34-33-41(58)29-25-6-4-2)45(59)37-46(60)44(30-26-23-24-28-32-50(62)73-42)53(74-47)57-36-35-48(55)56-54(57)65/h9-10,12-13,15-16,18-19,21-23,26,33-36,41-44,46-47,51-53,58,60,63-64H,3-8,11,14,17,20,24-25,27-32,37-40H2,1-2H3,(H,66,67)(H,68,69)(H2,55,56,65)/b10-9-,13-12-,16-15-,19-18-,22-21-,26-23?,34-33+/t41-,42+,43-,44-,46-,47+,51-,52+,53+/m0/s1. The predicted molar refractivity (Wildman–Crippen MR) is 289 cm³/mol. The first-order valence-electron chi connectivity index (χ1n) is 26.7. The van der Waals surface area contributed by atoms with Crippen molar-refractivity contribution in [2.75, 3.05) is 25.6 Å². The molecule has 1 aromatic heterocycles. The van der Waals surface area contributed by atoms with Gasteiger partial charge in [-0.25, -0.2) is 13.9 Å². The van der Waals surface area contributed by atoms with Crippen LogP contribution < -0.4 is 11.4 Å². The van der Waals surface area contributed by atoms with Gasteiger partial charge in [-0.2, -0.15) is 9.29 Å². The van der Waals surface area contributed by atoms with Crippen LogP contribution in [-0.4, -0.2) is 114 Å². The SMILES string of the molecule is CCCCC/C=C\C/C=C\C/C=C\C/C=C\C/C=C\CCC(=O)OC[C@@H]1COP(=O)(O)OP(=O)(O)OC[C@H]2O[C@@H](n3ccc(N)nc3=O)[C@@H](CC=CCCCC(=O)O1)[C@@H](O)CC(=O)[C@H](/C=C/[C@@H](O)CCCCC)[C@H](O)[C@@H]2O. The van der Waals surface area contributed by atoms with E-state index in [0.717, 1.165) is 49.3 Å². The number of fused-ring (bicyclic) bond motifs is 3. The number of nitrogen functional groups attached to an aromatic ring is 1. The number of carbonyl (C=O) groups is 3. The van der Waals surface area contributed by atoms with Gasteiger partial charge in [0, 0.05) is 31.4 Å². The number of ether oxygens (including phenoxy) is 3. The summed E-state index contributed by atoms with van der Waals surface area (Å²) in [5, 5.41) is 45.7. The number of anilines is 1. The van der Waals surface area contributed by atoms with Crippen LogP contribution >= 0.6 is 15.6 Å². The summed E-state index contributed by atoms with van der Waals surface area (Å²) in [5.41, 5.74) is 4.74. The molecule has 2 aliphatic heterocycles. The largest absolute Gasteiger partial charge is 0.481 e. The van der Waals surface area contributed by atoms with Crippen LogP contribution in [0, 0.1) is 11.8 Å². The molecule has 2 aliphatic rings. The van der Waals surface area contributed by atoms with Crippen LogP contribution in [0.2, 0.25) is 0 Å². The van der Waals surface area contributed by atoms with Gasteiger partial charge in [0.25, 0.3) is 0 Å². The van der Waals surface area contributed by atoms with Crippen LogP contribution in [0.25, 0.3) is 0 Å². The van der Waals surface area contributed by atoms with Crippen molar-refractivity contribution >= 4 is 39.2 Å². The number of hydrogen-bond donors (Lipinski definition) is 7. The van der Waals surface area contributed by atoms with Gasteiger partial charge in [-0.15, -0.1) is 0 Å². The number of allylic oxidation sites excluding steroid dienone is 12. The molecule has 3 rings (SSSR count). The predicted octanol–water partition coefficient (Wildman–Crippen LogP) is 8.03. The van der Waals surface area contributed by atoms with Crippen molar-refractivity contribution in [2.45, 2.75) is 179 Å². The summed E-state index contributed by atoms with van der Waals surface area (Å²) in [6.07, 6.45) is 25.9. The van der Waals surface area contributed by atoms with Crippen LogP contribution in [0.1, 0.15) is 142 Å². The Morgan fingerprint density at radius 1 is 0.844 bits per heavy atom. The maximum atomic E-state index is 13.9. The lowest BCUT2D eigenvalue weighted by atomic mass is 9.83. The van der Waals surface area contributed by atoms with E-state index in [1.807, 2.05) is 25.2 Å². The molecule has 23 heteroatoms.